The Morgan fingerprint density at radius 3 is 2.29 bits per heavy atom. The van der Waals surface area contributed by atoms with E-state index in [0.29, 0.717) is 12.4 Å². The molecule has 0 saturated carbocycles. The molecule has 0 bridgehead atoms. The molecule has 0 fully saturated rings. The quantitative estimate of drug-likeness (QED) is 0.544. The summed E-state index contributed by atoms with van der Waals surface area (Å²) in [5.74, 6) is 2.15. The molecule has 140 valence electrons. The van der Waals surface area contributed by atoms with Gasteiger partial charge in [-0.05, 0) is 29.8 Å². The molecule has 28 heavy (non-hydrogen) atoms. The number of benzene rings is 2. The predicted molar refractivity (Wildman–Crippen MR) is 110 cm³/mol. The second-order valence-electron chi connectivity index (χ2n) is 6.23. The second kappa shape index (κ2) is 7.92. The highest BCUT2D eigenvalue weighted by molar-refractivity contribution is 6.00. The lowest BCUT2D eigenvalue weighted by atomic mass is 10.0. The van der Waals surface area contributed by atoms with Crippen LogP contribution >= 0.6 is 0 Å². The first-order chi connectivity index (χ1) is 13.8. The van der Waals surface area contributed by atoms with Crippen LogP contribution in [-0.4, -0.2) is 29.4 Å². The standard InChI is InChI=1S/C22H20N4O2/c1-27-17-10-8-16(9-11-17)21-18-5-3-4-6-19(18)22(26-25-21)24-14-15-7-12-20(28-2)23-13-15/h3-13H,14H2,1-2H3,(H,24,26). The van der Waals surface area contributed by atoms with Gasteiger partial charge >= 0.3 is 0 Å². The Balaban J connectivity index is 1.64. The number of nitrogens with one attached hydrogen (secondary N) is 1. The summed E-state index contributed by atoms with van der Waals surface area (Å²) < 4.78 is 10.3. The van der Waals surface area contributed by atoms with Gasteiger partial charge in [0.15, 0.2) is 5.82 Å². The van der Waals surface area contributed by atoms with Gasteiger partial charge in [-0.15, -0.1) is 10.2 Å². The van der Waals surface area contributed by atoms with Crippen LogP contribution in [0.2, 0.25) is 0 Å². The second-order valence-corrected chi connectivity index (χ2v) is 6.23. The number of hydrogen-bond donors (Lipinski definition) is 1. The number of anilines is 1. The molecule has 0 aliphatic heterocycles. The molecule has 2 heterocycles. The van der Waals surface area contributed by atoms with Gasteiger partial charge in [0.1, 0.15) is 11.4 Å². The Labute approximate surface area is 163 Å². The fraction of sp³-hybridized carbons (Fsp3) is 0.136. The Hall–Kier alpha value is -3.67. The Kier molecular flexibility index (Phi) is 5.01. The molecular weight excluding hydrogens is 352 g/mol. The van der Waals surface area contributed by atoms with E-state index in [1.807, 2.05) is 54.6 Å². The van der Waals surface area contributed by atoms with Crippen LogP contribution in [-0.2, 0) is 6.54 Å². The van der Waals surface area contributed by atoms with Crippen LogP contribution in [0.1, 0.15) is 5.56 Å². The van der Waals surface area contributed by atoms with E-state index < -0.39 is 0 Å². The van der Waals surface area contributed by atoms with E-state index in [2.05, 4.69) is 26.6 Å². The predicted octanol–water partition coefficient (Wildman–Crippen LogP) is 4.32. The molecule has 4 aromatic rings. The van der Waals surface area contributed by atoms with Crippen LogP contribution in [0, 0.1) is 0 Å². The van der Waals surface area contributed by atoms with Crippen molar-refractivity contribution < 1.29 is 9.47 Å². The third-order valence-corrected chi connectivity index (χ3v) is 4.52. The van der Waals surface area contributed by atoms with Gasteiger partial charge in [0.2, 0.25) is 5.88 Å². The summed E-state index contributed by atoms with van der Waals surface area (Å²) in [6, 6.07) is 19.8. The van der Waals surface area contributed by atoms with Crippen molar-refractivity contribution in [1.82, 2.24) is 15.2 Å². The third-order valence-electron chi connectivity index (χ3n) is 4.52. The number of ether oxygens (including phenoxy) is 2. The molecule has 0 unspecified atom stereocenters. The fourth-order valence-electron chi connectivity index (χ4n) is 3.02. The smallest absolute Gasteiger partial charge is 0.212 e. The van der Waals surface area contributed by atoms with Crippen molar-refractivity contribution in [1.29, 1.82) is 0 Å². The van der Waals surface area contributed by atoms with Crippen LogP contribution in [0.5, 0.6) is 11.6 Å². The van der Waals surface area contributed by atoms with Gasteiger partial charge in [-0.2, -0.15) is 0 Å². The van der Waals surface area contributed by atoms with Crippen LogP contribution in [0.25, 0.3) is 22.0 Å². The molecule has 0 radical (unpaired) electrons. The summed E-state index contributed by atoms with van der Waals surface area (Å²) in [7, 11) is 3.26. The number of rotatable bonds is 6. The van der Waals surface area contributed by atoms with Crippen molar-refractivity contribution in [2.45, 2.75) is 6.54 Å². The molecule has 6 heteroatoms. The molecule has 0 aliphatic rings. The van der Waals surface area contributed by atoms with Gasteiger partial charge in [0, 0.05) is 35.1 Å². The number of aromatic nitrogens is 3. The van der Waals surface area contributed by atoms with Crippen molar-refractivity contribution in [2.75, 3.05) is 19.5 Å². The zero-order valence-corrected chi connectivity index (χ0v) is 15.7. The zero-order chi connectivity index (χ0) is 19.3. The molecule has 0 saturated heterocycles. The topological polar surface area (TPSA) is 69.2 Å². The van der Waals surface area contributed by atoms with E-state index in [1.165, 1.54) is 0 Å². The van der Waals surface area contributed by atoms with Crippen molar-refractivity contribution in [3.8, 4) is 22.9 Å². The Morgan fingerprint density at radius 1 is 0.821 bits per heavy atom. The first-order valence-corrected chi connectivity index (χ1v) is 8.91. The molecule has 6 nitrogen and oxygen atoms in total. The van der Waals surface area contributed by atoms with Gasteiger partial charge in [0.05, 0.1) is 14.2 Å². The van der Waals surface area contributed by atoms with Crippen molar-refractivity contribution >= 4 is 16.6 Å². The number of methoxy groups -OCH3 is 2. The lowest BCUT2D eigenvalue weighted by molar-refractivity contribution is 0.397. The van der Waals surface area contributed by atoms with Crippen molar-refractivity contribution in [2.24, 2.45) is 0 Å². The minimum Gasteiger partial charge on any atom is -0.497 e. The maximum atomic E-state index is 5.24. The van der Waals surface area contributed by atoms with Gasteiger partial charge in [-0.3, -0.25) is 0 Å². The van der Waals surface area contributed by atoms with E-state index in [9.17, 15) is 0 Å². The number of nitrogens with zero attached hydrogens (tertiary/aromatic N) is 3. The third kappa shape index (κ3) is 3.57. The van der Waals surface area contributed by atoms with E-state index in [1.54, 1.807) is 20.4 Å². The van der Waals surface area contributed by atoms with Crippen LogP contribution in [0.15, 0.2) is 66.9 Å². The van der Waals surface area contributed by atoms with Crippen LogP contribution < -0.4 is 14.8 Å². The Morgan fingerprint density at radius 2 is 1.61 bits per heavy atom. The lowest BCUT2D eigenvalue weighted by Crippen LogP contribution is -2.04. The highest BCUT2D eigenvalue weighted by atomic mass is 16.5. The average molecular weight is 372 g/mol. The molecule has 2 aromatic carbocycles. The highest BCUT2D eigenvalue weighted by Gasteiger charge is 2.11. The number of hydrogen-bond acceptors (Lipinski definition) is 6. The molecule has 0 atom stereocenters. The van der Waals surface area contributed by atoms with E-state index >= 15 is 0 Å². The number of fused-ring (bicyclic) bond motifs is 1. The van der Waals surface area contributed by atoms with Gasteiger partial charge in [-0.1, -0.05) is 30.3 Å². The molecule has 0 aliphatic carbocycles. The highest BCUT2D eigenvalue weighted by Crippen LogP contribution is 2.30. The summed E-state index contributed by atoms with van der Waals surface area (Å²) in [6.45, 7) is 0.595. The minimum absolute atomic E-state index is 0.595. The van der Waals surface area contributed by atoms with Crippen molar-refractivity contribution in [3.63, 3.8) is 0 Å². The summed E-state index contributed by atoms with van der Waals surface area (Å²) in [5, 5.41) is 14.3. The zero-order valence-electron chi connectivity index (χ0n) is 15.7. The molecule has 0 spiro atoms. The summed E-state index contributed by atoms with van der Waals surface area (Å²) in [6.07, 6.45) is 1.78. The molecular formula is C22H20N4O2. The normalized spacial score (nSPS) is 10.6. The SMILES string of the molecule is COc1ccc(-c2nnc(NCc3ccc(OC)nc3)c3ccccc23)cc1. The van der Waals surface area contributed by atoms with Crippen LogP contribution in [0.4, 0.5) is 5.82 Å². The van der Waals surface area contributed by atoms with Crippen molar-refractivity contribution in [3.05, 3.63) is 72.4 Å². The Bertz CT molecular complexity index is 1080. The minimum atomic E-state index is 0.595. The summed E-state index contributed by atoms with van der Waals surface area (Å²) in [5.41, 5.74) is 2.87. The maximum absolute atomic E-state index is 5.24. The largest absolute Gasteiger partial charge is 0.497 e. The monoisotopic (exact) mass is 372 g/mol. The van der Waals surface area contributed by atoms with Gasteiger partial charge < -0.3 is 14.8 Å². The molecule has 0 amide bonds. The van der Waals surface area contributed by atoms with Crippen LogP contribution in [0.3, 0.4) is 0 Å². The first kappa shape index (κ1) is 17.7. The average Bonchev–Trinajstić information content (AvgIpc) is 2.78. The van der Waals surface area contributed by atoms with Gasteiger partial charge in [-0.25, -0.2) is 4.98 Å². The summed E-state index contributed by atoms with van der Waals surface area (Å²) in [4.78, 5) is 4.23. The number of pyridine rings is 1. The first-order valence-electron chi connectivity index (χ1n) is 8.91. The van der Waals surface area contributed by atoms with Gasteiger partial charge in [0.25, 0.3) is 0 Å². The fourth-order valence-corrected chi connectivity index (χ4v) is 3.02. The lowest BCUT2D eigenvalue weighted by Gasteiger charge is -2.11. The van der Waals surface area contributed by atoms with E-state index in [4.69, 9.17) is 9.47 Å². The summed E-state index contributed by atoms with van der Waals surface area (Å²) >= 11 is 0. The van der Waals surface area contributed by atoms with E-state index in [0.717, 1.165) is 39.2 Å². The molecule has 1 N–H and O–H groups in total. The molecule has 2 aromatic heterocycles. The maximum Gasteiger partial charge on any atom is 0.212 e. The molecule has 4 rings (SSSR count). The van der Waals surface area contributed by atoms with E-state index in [-0.39, 0.29) is 0 Å².